The van der Waals surface area contributed by atoms with E-state index in [0.717, 1.165) is 36.5 Å². The highest BCUT2D eigenvalue weighted by atomic mass is 35.5. The summed E-state index contributed by atoms with van der Waals surface area (Å²) < 4.78 is 57.9. The van der Waals surface area contributed by atoms with E-state index >= 15 is 4.39 Å². The smallest absolute Gasteiger partial charge is 0.384 e. The van der Waals surface area contributed by atoms with Crippen LogP contribution in [0.1, 0.15) is 129 Å². The summed E-state index contributed by atoms with van der Waals surface area (Å²) >= 11 is 6.38. The van der Waals surface area contributed by atoms with Gasteiger partial charge in [-0.05, 0) is 98.6 Å². The van der Waals surface area contributed by atoms with Crippen molar-refractivity contribution in [2.75, 3.05) is 25.0 Å². The number of hydrogen-bond acceptors (Lipinski definition) is 8. The molecule has 6 heterocycles. The van der Waals surface area contributed by atoms with E-state index in [1.54, 1.807) is 24.3 Å². The van der Waals surface area contributed by atoms with Gasteiger partial charge in [0, 0.05) is 102 Å². The molecule has 1 aromatic heterocycles. The quantitative estimate of drug-likeness (QED) is 0.115. The van der Waals surface area contributed by atoms with Gasteiger partial charge in [0.05, 0.1) is 11.1 Å². The van der Waals surface area contributed by atoms with Gasteiger partial charge in [0.25, 0.3) is 5.91 Å². The van der Waals surface area contributed by atoms with Gasteiger partial charge in [0.2, 0.25) is 23.6 Å². The minimum absolute atomic E-state index is 0.0934. The summed E-state index contributed by atoms with van der Waals surface area (Å²) in [7, 11) is 0. The van der Waals surface area contributed by atoms with Crippen LogP contribution in [0.15, 0.2) is 48.7 Å². The Bertz CT molecular complexity index is 2710. The topological polar surface area (TPSA) is 153 Å². The number of amides is 5. The maximum atomic E-state index is 16.3. The second kappa shape index (κ2) is 17.4. The van der Waals surface area contributed by atoms with Crippen LogP contribution in [-0.4, -0.2) is 88.1 Å². The lowest BCUT2D eigenvalue weighted by Gasteiger charge is -2.39. The Hall–Kier alpha value is -5.53. The molecule has 69 heavy (non-hydrogen) atoms. The number of halogens is 5. The van der Waals surface area contributed by atoms with E-state index < -0.39 is 53.1 Å². The molecule has 364 valence electrons. The first-order valence-electron chi connectivity index (χ1n) is 24.2. The van der Waals surface area contributed by atoms with Gasteiger partial charge >= 0.3 is 6.18 Å². The van der Waals surface area contributed by atoms with Crippen LogP contribution in [0, 0.1) is 40.3 Å². The molecule has 12 nitrogen and oxygen atoms in total. The molecule has 7 atom stereocenters. The van der Waals surface area contributed by atoms with Gasteiger partial charge in [-0.2, -0.15) is 13.2 Å². The average molecular weight is 971 g/mol. The summed E-state index contributed by atoms with van der Waals surface area (Å²) in [5, 5.41) is 12.2. The molecule has 3 saturated heterocycles. The molecular formula is C52H56ClF4N7O5. The van der Waals surface area contributed by atoms with Crippen LogP contribution < -0.4 is 21.3 Å². The second-order valence-electron chi connectivity index (χ2n) is 21.6. The van der Waals surface area contributed by atoms with Crippen LogP contribution in [-0.2, 0) is 37.3 Å². The number of alkyl halides is 3. The molecule has 2 spiro atoms. The lowest BCUT2D eigenvalue weighted by molar-refractivity contribution is -0.141. The standard InChI is InChI=1S/C52H56ClF4N7O5/c1-49(2,3)23-40-51(26-59-37-21-39(52(55,56)57)58-24-35(37)51)42(33-9-5-10-36(53)43(33)54)44(61-40)46(67)60-31-15-12-29(13-16-31)47(68)63-20-6-19-50(27-63)22-30(50)14-11-28-7-4-8-32-34(28)25-64(48(32)69)38-17-18-41(65)62-45(38)66/h4-5,7-10,21,24,29-31,38,40,42,44,59,61H,6,12-13,15-20,22-23,25-27H2,1-3H3,(H,60,67)(H,62,65,66)/t29?,30-,31?,38?,40-,42-,44+,50-,51-/m0/s1. The first kappa shape index (κ1) is 47.2. The summed E-state index contributed by atoms with van der Waals surface area (Å²) in [6.07, 6.45) is 2.52. The fourth-order valence-corrected chi connectivity index (χ4v) is 12.8. The third-order valence-corrected chi connectivity index (χ3v) is 16.4. The normalized spacial score (nSPS) is 30.7. The van der Waals surface area contributed by atoms with Crippen molar-refractivity contribution in [1.82, 2.24) is 30.7 Å². The zero-order valence-electron chi connectivity index (χ0n) is 38.8. The fraction of sp³-hybridized carbons (Fsp3) is 0.538. The van der Waals surface area contributed by atoms with E-state index in [2.05, 4.69) is 38.1 Å². The van der Waals surface area contributed by atoms with E-state index in [1.807, 2.05) is 31.7 Å². The molecule has 5 fully saturated rings. The Balaban J connectivity index is 0.803. The molecule has 5 amide bonds. The summed E-state index contributed by atoms with van der Waals surface area (Å²) in [5.74, 6) is 3.88. The molecule has 2 saturated carbocycles. The molecule has 2 aromatic carbocycles. The summed E-state index contributed by atoms with van der Waals surface area (Å²) in [4.78, 5) is 73.9. The Morgan fingerprint density at radius 1 is 1.03 bits per heavy atom. The van der Waals surface area contributed by atoms with E-state index in [4.69, 9.17) is 11.6 Å². The third kappa shape index (κ3) is 8.55. The zero-order valence-corrected chi connectivity index (χ0v) is 39.6. The van der Waals surface area contributed by atoms with Crippen LogP contribution in [0.2, 0.25) is 5.02 Å². The number of anilines is 1. The second-order valence-corrected chi connectivity index (χ2v) is 22.0. The van der Waals surface area contributed by atoms with Crippen molar-refractivity contribution in [3.63, 3.8) is 0 Å². The van der Waals surface area contributed by atoms with E-state index in [0.29, 0.717) is 56.3 Å². The van der Waals surface area contributed by atoms with Crippen LogP contribution in [0.5, 0.6) is 0 Å². The minimum Gasteiger partial charge on any atom is -0.384 e. The summed E-state index contributed by atoms with van der Waals surface area (Å²) in [6.45, 7) is 7.81. The number of carbonyl (C=O) groups excluding carboxylic acids is 5. The number of rotatable bonds is 6. The maximum Gasteiger partial charge on any atom is 0.433 e. The number of imide groups is 1. The lowest BCUT2D eigenvalue weighted by Crippen LogP contribution is -2.52. The third-order valence-electron chi connectivity index (χ3n) is 16.1. The van der Waals surface area contributed by atoms with Crippen molar-refractivity contribution >= 4 is 46.8 Å². The molecule has 17 heteroatoms. The highest BCUT2D eigenvalue weighted by Gasteiger charge is 2.62. The highest BCUT2D eigenvalue weighted by molar-refractivity contribution is 6.30. The highest BCUT2D eigenvalue weighted by Crippen LogP contribution is 2.59. The number of pyridine rings is 1. The van der Waals surface area contributed by atoms with Gasteiger partial charge in [-0.3, -0.25) is 34.3 Å². The predicted molar refractivity (Wildman–Crippen MR) is 248 cm³/mol. The van der Waals surface area contributed by atoms with Gasteiger partial charge in [-0.1, -0.05) is 62.4 Å². The first-order valence-corrected chi connectivity index (χ1v) is 24.5. The minimum atomic E-state index is -4.68. The first-order chi connectivity index (χ1) is 32.8. The zero-order chi connectivity index (χ0) is 48.8. The van der Waals surface area contributed by atoms with Crippen LogP contribution in [0.25, 0.3) is 0 Å². The summed E-state index contributed by atoms with van der Waals surface area (Å²) in [5.41, 5.74) is 0.456. The fourth-order valence-electron chi connectivity index (χ4n) is 12.6. The number of nitrogens with one attached hydrogen (secondary N) is 4. The number of carbonyl (C=O) groups is 5. The van der Waals surface area contributed by atoms with Gasteiger partial charge < -0.3 is 25.8 Å². The molecule has 7 aliphatic rings. The van der Waals surface area contributed by atoms with Crippen molar-refractivity contribution in [2.24, 2.45) is 22.7 Å². The number of benzene rings is 2. The molecule has 1 unspecified atom stereocenters. The monoisotopic (exact) mass is 969 g/mol. The largest absolute Gasteiger partial charge is 0.433 e. The van der Waals surface area contributed by atoms with Crippen molar-refractivity contribution in [1.29, 1.82) is 0 Å². The number of aromatic nitrogens is 1. The Morgan fingerprint density at radius 2 is 1.80 bits per heavy atom. The van der Waals surface area contributed by atoms with Crippen LogP contribution in [0.3, 0.4) is 0 Å². The molecule has 2 aliphatic carbocycles. The molecule has 10 rings (SSSR count). The van der Waals surface area contributed by atoms with Crippen molar-refractivity contribution in [3.8, 4) is 11.8 Å². The van der Waals surface area contributed by atoms with Gasteiger partial charge in [-0.25, -0.2) is 4.39 Å². The molecular weight excluding hydrogens is 914 g/mol. The number of likely N-dealkylation sites (tertiary alicyclic amines) is 1. The SMILES string of the molecule is CC(C)(C)C[C@@H]1N[C@@H](C(=O)NC2CCC(C(=O)N3CCC[C@]4(C[C@@H]4C#Cc4cccc5c4CN(C4CCC(=O)NC4=O)C5=O)C3)CC2)[C@H](c2cccc(Cl)c2F)[C@]12CNc1cc(C(F)(F)F)ncc12. The van der Waals surface area contributed by atoms with Gasteiger partial charge in [-0.15, -0.1) is 0 Å². The van der Waals surface area contributed by atoms with Gasteiger partial charge in [0.15, 0.2) is 0 Å². The predicted octanol–water partition coefficient (Wildman–Crippen LogP) is 7.23. The van der Waals surface area contributed by atoms with Crippen LogP contribution in [0.4, 0.5) is 23.2 Å². The van der Waals surface area contributed by atoms with E-state index in [1.165, 1.54) is 17.2 Å². The maximum absolute atomic E-state index is 16.3. The van der Waals surface area contributed by atoms with Crippen molar-refractivity contribution < 1.29 is 41.5 Å². The number of hydrogen-bond donors (Lipinski definition) is 4. The molecule has 4 N–H and O–H groups in total. The Labute approximate surface area is 403 Å². The molecule has 3 aromatic rings. The van der Waals surface area contributed by atoms with E-state index in [9.17, 15) is 37.1 Å². The number of fused-ring (bicyclic) bond motifs is 3. The van der Waals surface area contributed by atoms with Gasteiger partial charge in [0.1, 0.15) is 17.6 Å². The Morgan fingerprint density at radius 3 is 2.54 bits per heavy atom. The summed E-state index contributed by atoms with van der Waals surface area (Å²) in [6, 6.07) is 8.67. The average Bonchev–Trinajstić information content (AvgIpc) is 3.52. The molecule has 5 aliphatic heterocycles. The lowest BCUT2D eigenvalue weighted by atomic mass is 9.63. The molecule has 0 radical (unpaired) electrons. The van der Waals surface area contributed by atoms with Crippen molar-refractivity contribution in [2.45, 2.75) is 133 Å². The van der Waals surface area contributed by atoms with Crippen LogP contribution >= 0.6 is 11.6 Å². The number of nitrogens with zero attached hydrogens (tertiary/aromatic N) is 3. The van der Waals surface area contributed by atoms with Crippen molar-refractivity contribution in [3.05, 3.63) is 93.0 Å². The van der Waals surface area contributed by atoms with E-state index in [-0.39, 0.29) is 94.5 Å². The Kier molecular flexibility index (Phi) is 11.9. The molecule has 0 bridgehead atoms. The number of piperidine rings is 2.